The first-order valence-electron chi connectivity index (χ1n) is 12.5. The molecule has 1 aromatic heterocycles. The van der Waals surface area contributed by atoms with Gasteiger partial charge in [0.15, 0.2) is 11.5 Å². The third-order valence-electron chi connectivity index (χ3n) is 6.85. The normalized spacial score (nSPS) is 16.7. The number of hydrogen-bond acceptors (Lipinski definition) is 6. The molecular weight excluding hydrogens is 564 g/mol. The molecule has 0 radical (unpaired) electrons. The Morgan fingerprint density at radius 3 is 2.56 bits per heavy atom. The van der Waals surface area contributed by atoms with E-state index in [1.54, 1.807) is 50.4 Å². The molecule has 1 aliphatic heterocycles. The lowest BCUT2D eigenvalue weighted by Crippen LogP contribution is -2.31. The predicted octanol–water partition coefficient (Wildman–Crippen LogP) is 5.71. The number of aromatic hydroxyl groups is 1. The number of phenols is 1. The van der Waals surface area contributed by atoms with E-state index in [1.807, 2.05) is 24.4 Å². The summed E-state index contributed by atoms with van der Waals surface area (Å²) < 4.78 is 11.8. The van der Waals surface area contributed by atoms with Gasteiger partial charge in [0, 0.05) is 33.7 Å². The number of nitrogens with zero attached hydrogens (tertiary/aromatic N) is 1. The highest BCUT2D eigenvalue weighted by Gasteiger charge is 2.46. The molecule has 3 N–H and O–H groups in total. The van der Waals surface area contributed by atoms with Crippen molar-refractivity contribution in [1.29, 1.82) is 0 Å². The number of fused-ring (bicyclic) bond motifs is 1. The van der Waals surface area contributed by atoms with Gasteiger partial charge < -0.3 is 29.6 Å². The van der Waals surface area contributed by atoms with Crippen LogP contribution in [0.3, 0.4) is 0 Å². The molecule has 1 aliphatic rings. The van der Waals surface area contributed by atoms with E-state index in [0.29, 0.717) is 29.9 Å². The van der Waals surface area contributed by atoms with Gasteiger partial charge in [-0.15, -0.1) is 0 Å². The molecule has 5 rings (SSSR count). The Morgan fingerprint density at radius 1 is 1.08 bits per heavy atom. The summed E-state index contributed by atoms with van der Waals surface area (Å²) in [6.07, 6.45) is 2.33. The van der Waals surface area contributed by atoms with Crippen LogP contribution < -0.4 is 9.47 Å². The molecule has 1 atom stereocenters. The molecule has 9 heteroatoms. The minimum atomic E-state index is -0.881. The molecule has 1 unspecified atom stereocenters. The van der Waals surface area contributed by atoms with Gasteiger partial charge in [-0.2, -0.15) is 0 Å². The second-order valence-corrected chi connectivity index (χ2v) is 10.1. The molecule has 39 heavy (non-hydrogen) atoms. The number of ether oxygens (including phenoxy) is 2. The van der Waals surface area contributed by atoms with Crippen LogP contribution >= 0.6 is 15.9 Å². The van der Waals surface area contributed by atoms with Crippen molar-refractivity contribution in [3.05, 3.63) is 93.6 Å². The van der Waals surface area contributed by atoms with Crippen LogP contribution in [0.25, 0.3) is 16.7 Å². The number of aliphatic hydroxyl groups excluding tert-OH is 1. The highest BCUT2D eigenvalue weighted by molar-refractivity contribution is 9.10. The summed E-state index contributed by atoms with van der Waals surface area (Å²) in [7, 11) is 1.60. The van der Waals surface area contributed by atoms with Crippen LogP contribution in [0.5, 0.6) is 17.2 Å². The number of hydrogen-bond donors (Lipinski definition) is 3. The number of amides is 1. The van der Waals surface area contributed by atoms with Crippen LogP contribution in [0.1, 0.15) is 29.7 Å². The van der Waals surface area contributed by atoms with Crippen LogP contribution in [-0.4, -0.2) is 52.0 Å². The fraction of sp³-hybridized carbons (Fsp3) is 0.200. The van der Waals surface area contributed by atoms with Crippen LogP contribution in [0.2, 0.25) is 0 Å². The van der Waals surface area contributed by atoms with Crippen molar-refractivity contribution < 1.29 is 29.3 Å². The van der Waals surface area contributed by atoms with E-state index in [9.17, 15) is 19.8 Å². The summed E-state index contributed by atoms with van der Waals surface area (Å²) in [4.78, 5) is 31.5. The van der Waals surface area contributed by atoms with E-state index in [1.165, 1.54) is 11.0 Å². The van der Waals surface area contributed by atoms with Crippen molar-refractivity contribution in [2.45, 2.75) is 19.4 Å². The summed E-state index contributed by atoms with van der Waals surface area (Å²) in [5, 5.41) is 22.5. The number of aromatic amines is 1. The van der Waals surface area contributed by atoms with E-state index in [4.69, 9.17) is 9.47 Å². The van der Waals surface area contributed by atoms with Gasteiger partial charge in [0.25, 0.3) is 11.7 Å². The van der Waals surface area contributed by atoms with Gasteiger partial charge in [-0.1, -0.05) is 34.1 Å². The van der Waals surface area contributed by atoms with Gasteiger partial charge in [0.2, 0.25) is 0 Å². The topological polar surface area (TPSA) is 112 Å². The van der Waals surface area contributed by atoms with Crippen molar-refractivity contribution >= 4 is 44.3 Å². The zero-order chi connectivity index (χ0) is 27.7. The molecule has 0 aliphatic carbocycles. The third kappa shape index (κ3) is 4.97. The van der Waals surface area contributed by atoms with Crippen molar-refractivity contribution in [1.82, 2.24) is 9.88 Å². The average molecular weight is 591 g/mol. The Morgan fingerprint density at radius 2 is 1.85 bits per heavy atom. The number of nitrogens with one attached hydrogen (secondary N) is 1. The van der Waals surface area contributed by atoms with Gasteiger partial charge in [0.1, 0.15) is 11.5 Å². The molecule has 3 aromatic carbocycles. The van der Waals surface area contributed by atoms with Crippen molar-refractivity contribution in [3.8, 4) is 17.2 Å². The molecule has 2 heterocycles. The SMILES string of the molecule is CCOc1cc(C2/C(=C(/O)c3ccc(Br)cc3)C(=O)C(=O)N2CCc2c[nH]c3ccc(OC)cc23)ccc1O. The Kier molecular flexibility index (Phi) is 7.34. The number of carbonyl (C=O) groups is 2. The maximum atomic E-state index is 13.4. The number of Topliss-reactive ketones (excluding diaryl/α,β-unsaturated/α-hetero) is 1. The number of benzene rings is 3. The van der Waals surface area contributed by atoms with Gasteiger partial charge in [0.05, 0.1) is 25.3 Å². The molecule has 200 valence electrons. The van der Waals surface area contributed by atoms with E-state index in [-0.39, 0.29) is 29.4 Å². The lowest BCUT2D eigenvalue weighted by atomic mass is 9.95. The average Bonchev–Trinajstić information content (AvgIpc) is 3.46. The number of ketones is 1. The number of rotatable bonds is 8. The van der Waals surface area contributed by atoms with Crippen LogP contribution in [0, 0.1) is 0 Å². The number of aliphatic hydroxyl groups is 1. The fourth-order valence-corrected chi connectivity index (χ4v) is 5.19. The summed E-state index contributed by atoms with van der Waals surface area (Å²) in [6.45, 7) is 2.32. The van der Waals surface area contributed by atoms with Gasteiger partial charge in [-0.3, -0.25) is 9.59 Å². The molecular formula is C30H27BrN2O6. The minimum Gasteiger partial charge on any atom is -0.507 e. The molecule has 1 saturated heterocycles. The number of aromatic nitrogens is 1. The molecule has 1 amide bonds. The quantitative estimate of drug-likeness (QED) is 0.138. The second kappa shape index (κ2) is 10.9. The zero-order valence-electron chi connectivity index (χ0n) is 21.4. The van der Waals surface area contributed by atoms with Crippen LogP contribution in [0.15, 0.2) is 76.9 Å². The Balaban J connectivity index is 1.58. The Bertz CT molecular complexity index is 1590. The number of likely N-dealkylation sites (tertiary alicyclic amines) is 1. The Labute approximate surface area is 233 Å². The summed E-state index contributed by atoms with van der Waals surface area (Å²) in [5.74, 6) is -0.859. The van der Waals surface area contributed by atoms with E-state index in [2.05, 4.69) is 20.9 Å². The number of phenolic OH excluding ortho intramolecular Hbond substituents is 1. The standard InChI is InChI=1S/C30H27BrN2O6/c1-3-39-25-14-18(6-11-24(25)34)27-26(28(35)17-4-7-20(31)8-5-17)29(36)30(37)33(27)13-12-19-16-32-23-10-9-21(38-2)15-22(19)23/h4-11,14-16,27,32,34-35H,3,12-13H2,1-2H3/b28-26-. The molecule has 1 fully saturated rings. The maximum Gasteiger partial charge on any atom is 0.295 e. The largest absolute Gasteiger partial charge is 0.507 e. The summed E-state index contributed by atoms with van der Waals surface area (Å²) in [5.41, 5.74) is 2.82. The van der Waals surface area contributed by atoms with E-state index in [0.717, 1.165) is 20.9 Å². The number of H-pyrrole nitrogens is 1. The predicted molar refractivity (Wildman–Crippen MR) is 151 cm³/mol. The third-order valence-corrected chi connectivity index (χ3v) is 7.38. The first kappa shape index (κ1) is 26.4. The molecule has 4 aromatic rings. The minimum absolute atomic E-state index is 0.0175. The first-order valence-corrected chi connectivity index (χ1v) is 13.3. The zero-order valence-corrected chi connectivity index (χ0v) is 23.0. The lowest BCUT2D eigenvalue weighted by molar-refractivity contribution is -0.139. The Hall–Kier alpha value is -4.24. The smallest absolute Gasteiger partial charge is 0.295 e. The highest BCUT2D eigenvalue weighted by Crippen LogP contribution is 2.42. The van der Waals surface area contributed by atoms with Gasteiger partial charge in [-0.25, -0.2) is 0 Å². The van der Waals surface area contributed by atoms with Crippen LogP contribution in [-0.2, 0) is 16.0 Å². The van der Waals surface area contributed by atoms with Gasteiger partial charge in [-0.05, 0) is 66.9 Å². The summed E-state index contributed by atoms with van der Waals surface area (Å²) in [6, 6.07) is 16.4. The molecule has 0 saturated carbocycles. The molecule has 0 bridgehead atoms. The number of halogens is 1. The first-order chi connectivity index (χ1) is 18.8. The lowest BCUT2D eigenvalue weighted by Gasteiger charge is -2.26. The van der Waals surface area contributed by atoms with Crippen molar-refractivity contribution in [2.75, 3.05) is 20.3 Å². The van der Waals surface area contributed by atoms with Crippen molar-refractivity contribution in [3.63, 3.8) is 0 Å². The molecule has 8 nitrogen and oxygen atoms in total. The van der Waals surface area contributed by atoms with Crippen LogP contribution in [0.4, 0.5) is 0 Å². The van der Waals surface area contributed by atoms with Gasteiger partial charge >= 0.3 is 0 Å². The van der Waals surface area contributed by atoms with Crippen molar-refractivity contribution in [2.24, 2.45) is 0 Å². The number of methoxy groups -OCH3 is 1. The fourth-order valence-electron chi connectivity index (χ4n) is 4.92. The highest BCUT2D eigenvalue weighted by atomic mass is 79.9. The van der Waals surface area contributed by atoms with E-state index >= 15 is 0 Å². The molecule has 0 spiro atoms. The number of carbonyl (C=O) groups excluding carboxylic acids is 2. The second-order valence-electron chi connectivity index (χ2n) is 9.13. The maximum absolute atomic E-state index is 13.4. The van der Waals surface area contributed by atoms with E-state index < -0.39 is 17.7 Å². The monoisotopic (exact) mass is 590 g/mol. The summed E-state index contributed by atoms with van der Waals surface area (Å²) >= 11 is 3.38.